The minimum Gasteiger partial charge on any atom is -0.478 e. The van der Waals surface area contributed by atoms with Crippen molar-refractivity contribution in [1.82, 2.24) is 0 Å². The maximum absolute atomic E-state index is 10.2. The maximum atomic E-state index is 10.2. The van der Waals surface area contributed by atoms with Gasteiger partial charge < -0.3 is 36.4 Å². The first-order valence-electron chi connectivity index (χ1n) is 10.3. The average molecular weight is 506 g/mol. The second-order valence-corrected chi connectivity index (χ2v) is 7.30. The molecule has 0 heterocycles. The van der Waals surface area contributed by atoms with Crippen LogP contribution in [0.1, 0.15) is 53.9 Å². The van der Waals surface area contributed by atoms with E-state index in [1.807, 2.05) is 13.8 Å². The number of carbonyl (C=O) groups excluding carboxylic acids is 1. The Bertz CT molecular complexity index is 597. The molecule has 0 aromatic rings. The van der Waals surface area contributed by atoms with Gasteiger partial charge in [0.25, 0.3) is 0 Å². The molecule has 0 aromatic carbocycles. The Balaban J connectivity index is -0.000000108. The Morgan fingerprint density at radius 1 is 0.686 bits per heavy atom. The molecule has 0 spiro atoms. The topological polar surface area (TPSA) is 216 Å². The third kappa shape index (κ3) is 33.0. The molecule has 11 heteroatoms. The van der Waals surface area contributed by atoms with Crippen LogP contribution in [0.3, 0.4) is 0 Å². The maximum Gasteiger partial charge on any atom is 0.330 e. The SMILES string of the molecule is C=C(C)C(=O)O.C=C(C)C(=O)O.C=C(C)C(=O)O.C=C(CCC)C(N)=O.CCC(CO)(CO)CO. The molecule has 0 aliphatic carbocycles. The van der Waals surface area contributed by atoms with Gasteiger partial charge in [0.1, 0.15) is 0 Å². The molecule has 204 valence electrons. The molecule has 0 unspecified atom stereocenters. The summed E-state index contributed by atoms with van der Waals surface area (Å²) < 4.78 is 0. The summed E-state index contributed by atoms with van der Waals surface area (Å²) >= 11 is 0. The van der Waals surface area contributed by atoms with Crippen LogP contribution in [0.4, 0.5) is 0 Å². The van der Waals surface area contributed by atoms with Crippen LogP contribution in [0, 0.1) is 5.41 Å². The van der Waals surface area contributed by atoms with E-state index in [1.54, 1.807) is 0 Å². The van der Waals surface area contributed by atoms with E-state index in [0.29, 0.717) is 12.0 Å². The zero-order valence-electron chi connectivity index (χ0n) is 21.5. The van der Waals surface area contributed by atoms with Crippen LogP contribution < -0.4 is 5.73 Å². The Kier molecular flexibility index (Phi) is 30.4. The van der Waals surface area contributed by atoms with E-state index in [4.69, 9.17) is 36.4 Å². The number of hydrogen-bond donors (Lipinski definition) is 7. The number of nitrogens with two attached hydrogens (primary N) is 1. The minimum absolute atomic E-state index is 0.156. The lowest BCUT2D eigenvalue weighted by molar-refractivity contribution is -0.133. The average Bonchev–Trinajstić information content (AvgIpc) is 2.77. The van der Waals surface area contributed by atoms with Crippen molar-refractivity contribution in [3.8, 4) is 0 Å². The summed E-state index contributed by atoms with van der Waals surface area (Å²) in [5.74, 6) is -3.19. The lowest BCUT2D eigenvalue weighted by atomic mass is 9.88. The lowest BCUT2D eigenvalue weighted by Crippen LogP contribution is -2.32. The molecule has 0 aliphatic rings. The fourth-order valence-electron chi connectivity index (χ4n) is 0.910. The van der Waals surface area contributed by atoms with Crippen molar-refractivity contribution in [1.29, 1.82) is 0 Å². The number of carboxylic acids is 3. The molecule has 0 fully saturated rings. The fourth-order valence-corrected chi connectivity index (χ4v) is 0.910. The van der Waals surface area contributed by atoms with Gasteiger partial charge in [-0.2, -0.15) is 0 Å². The summed E-state index contributed by atoms with van der Waals surface area (Å²) in [4.78, 5) is 39.0. The highest BCUT2D eigenvalue weighted by Crippen LogP contribution is 2.18. The molecule has 0 rings (SSSR count). The molecule has 0 aromatic heterocycles. The van der Waals surface area contributed by atoms with Gasteiger partial charge in [-0.05, 0) is 33.6 Å². The van der Waals surface area contributed by atoms with Gasteiger partial charge in [0.15, 0.2) is 0 Å². The molecule has 0 saturated carbocycles. The van der Waals surface area contributed by atoms with E-state index in [-0.39, 0.29) is 42.4 Å². The molecular formula is C24H43NO10. The number of amides is 1. The van der Waals surface area contributed by atoms with E-state index in [0.717, 1.165) is 12.8 Å². The highest BCUT2D eigenvalue weighted by Gasteiger charge is 2.24. The van der Waals surface area contributed by atoms with Crippen LogP contribution in [0.25, 0.3) is 0 Å². The third-order valence-electron chi connectivity index (χ3n) is 3.75. The molecule has 0 saturated heterocycles. The highest BCUT2D eigenvalue weighted by molar-refractivity contribution is 5.91. The standard InChI is InChI=1S/C6H11NO.C6H14O3.3C4H6O2/c1-3-4-5(2)6(7)8;1-2-6(3-7,4-8)5-9;3*1-3(2)4(5)6/h2-4H2,1H3,(H2,7,8);7-9H,2-5H2,1H3;3*1H2,2H3,(H,5,6). The van der Waals surface area contributed by atoms with Gasteiger partial charge in [-0.25, -0.2) is 14.4 Å². The van der Waals surface area contributed by atoms with Gasteiger partial charge in [-0.15, -0.1) is 0 Å². The Morgan fingerprint density at radius 3 is 0.943 bits per heavy atom. The number of primary amides is 1. The van der Waals surface area contributed by atoms with Crippen molar-refractivity contribution in [3.63, 3.8) is 0 Å². The number of hydrogen-bond acceptors (Lipinski definition) is 7. The highest BCUT2D eigenvalue weighted by atomic mass is 16.4. The molecule has 35 heavy (non-hydrogen) atoms. The first kappa shape index (κ1) is 41.9. The van der Waals surface area contributed by atoms with Gasteiger partial charge in [0.05, 0.1) is 19.8 Å². The van der Waals surface area contributed by atoms with Crippen molar-refractivity contribution in [2.24, 2.45) is 11.1 Å². The van der Waals surface area contributed by atoms with Crippen molar-refractivity contribution in [2.75, 3.05) is 19.8 Å². The fraction of sp³-hybridized carbons (Fsp3) is 0.500. The Morgan fingerprint density at radius 2 is 0.914 bits per heavy atom. The number of aliphatic hydroxyl groups is 3. The van der Waals surface area contributed by atoms with Crippen LogP contribution in [-0.2, 0) is 19.2 Å². The zero-order chi connectivity index (χ0) is 29.4. The molecule has 0 atom stereocenters. The van der Waals surface area contributed by atoms with Crippen LogP contribution in [0.15, 0.2) is 48.6 Å². The summed E-state index contributed by atoms with van der Waals surface area (Å²) in [6, 6.07) is 0. The zero-order valence-corrected chi connectivity index (χ0v) is 21.5. The first-order valence-corrected chi connectivity index (χ1v) is 10.3. The second-order valence-electron chi connectivity index (χ2n) is 7.30. The summed E-state index contributed by atoms with van der Waals surface area (Å²) in [7, 11) is 0. The van der Waals surface area contributed by atoms with Gasteiger partial charge in [0, 0.05) is 27.7 Å². The van der Waals surface area contributed by atoms with Gasteiger partial charge >= 0.3 is 17.9 Å². The summed E-state index contributed by atoms with van der Waals surface area (Å²) in [5, 5.41) is 49.6. The number of aliphatic carboxylic acids is 3. The number of carboxylic acid groups (broad SMARTS) is 3. The summed E-state index contributed by atoms with van der Waals surface area (Å²) in [6.45, 7) is 20.6. The predicted octanol–water partition coefficient (Wildman–Crippen LogP) is 2.13. The van der Waals surface area contributed by atoms with Crippen LogP contribution >= 0.6 is 0 Å². The van der Waals surface area contributed by atoms with E-state index < -0.39 is 23.3 Å². The smallest absolute Gasteiger partial charge is 0.330 e. The van der Waals surface area contributed by atoms with E-state index >= 15 is 0 Å². The largest absolute Gasteiger partial charge is 0.478 e. The van der Waals surface area contributed by atoms with Crippen LogP contribution in [0.2, 0.25) is 0 Å². The predicted molar refractivity (Wildman–Crippen MR) is 135 cm³/mol. The van der Waals surface area contributed by atoms with Crippen molar-refractivity contribution < 1.29 is 49.8 Å². The van der Waals surface area contributed by atoms with E-state index in [1.165, 1.54) is 20.8 Å². The van der Waals surface area contributed by atoms with Crippen LogP contribution in [0.5, 0.6) is 0 Å². The number of carbonyl (C=O) groups is 4. The molecule has 11 nitrogen and oxygen atoms in total. The van der Waals surface area contributed by atoms with Crippen molar-refractivity contribution >= 4 is 23.8 Å². The Labute approximate surface area is 207 Å². The summed E-state index contributed by atoms with van der Waals surface area (Å²) in [6.07, 6.45) is 2.24. The van der Waals surface area contributed by atoms with E-state index in [2.05, 4.69) is 26.3 Å². The number of aliphatic hydroxyl groups excluding tert-OH is 3. The molecular weight excluding hydrogens is 462 g/mol. The molecule has 0 radical (unpaired) electrons. The third-order valence-corrected chi connectivity index (χ3v) is 3.75. The van der Waals surface area contributed by atoms with Gasteiger partial charge in [-0.1, -0.05) is 46.6 Å². The first-order chi connectivity index (χ1) is 15.9. The quantitative estimate of drug-likeness (QED) is 0.215. The van der Waals surface area contributed by atoms with Gasteiger partial charge in [0.2, 0.25) is 5.91 Å². The van der Waals surface area contributed by atoms with Crippen LogP contribution in [-0.4, -0.2) is 74.3 Å². The molecule has 0 aliphatic heterocycles. The molecule has 0 bridgehead atoms. The normalized spacial score (nSPS) is 8.91. The second kappa shape index (κ2) is 25.3. The lowest BCUT2D eigenvalue weighted by Gasteiger charge is -2.24. The molecule has 8 N–H and O–H groups in total. The van der Waals surface area contributed by atoms with Gasteiger partial charge in [-0.3, -0.25) is 4.79 Å². The van der Waals surface area contributed by atoms with Crippen molar-refractivity contribution in [3.05, 3.63) is 48.6 Å². The molecule has 1 amide bonds. The Hall–Kier alpha value is -3.28. The number of rotatable bonds is 10. The minimum atomic E-state index is -0.935. The van der Waals surface area contributed by atoms with Crippen molar-refractivity contribution in [2.45, 2.75) is 53.9 Å². The monoisotopic (exact) mass is 505 g/mol. The van der Waals surface area contributed by atoms with E-state index in [9.17, 15) is 19.2 Å². The summed E-state index contributed by atoms with van der Waals surface area (Å²) in [5.41, 5.74) is 5.27.